The van der Waals surface area contributed by atoms with E-state index in [4.69, 9.17) is 14.2 Å². The van der Waals surface area contributed by atoms with Crippen molar-refractivity contribution in [2.75, 3.05) is 13.2 Å². The average Bonchev–Trinajstić information content (AvgIpc) is 3.15. The molecule has 3 aliphatic rings. The van der Waals surface area contributed by atoms with Crippen LogP contribution < -0.4 is 5.32 Å². The highest BCUT2D eigenvalue weighted by Gasteiger charge is 2.62. The molecule has 4 unspecified atom stereocenters. The van der Waals surface area contributed by atoms with Crippen LogP contribution in [-0.2, 0) is 36.9 Å². The number of carbonyl (C=O) groups is 4. The van der Waals surface area contributed by atoms with Gasteiger partial charge in [0.1, 0.15) is 29.1 Å². The number of hydrogen-bond donors (Lipinski definition) is 1. The Kier molecular flexibility index (Phi) is 7.40. The number of halogens is 1. The van der Waals surface area contributed by atoms with Gasteiger partial charge in [0.15, 0.2) is 0 Å². The van der Waals surface area contributed by atoms with Gasteiger partial charge < -0.3 is 19.5 Å². The van der Waals surface area contributed by atoms with E-state index >= 15 is 0 Å². The predicted molar refractivity (Wildman–Crippen MR) is 133 cm³/mol. The van der Waals surface area contributed by atoms with Crippen molar-refractivity contribution >= 4 is 24.1 Å². The van der Waals surface area contributed by atoms with Crippen molar-refractivity contribution in [2.45, 2.75) is 76.9 Å². The molecular weight excluding hydrogens is 497 g/mol. The van der Waals surface area contributed by atoms with Crippen LogP contribution in [0.1, 0.15) is 51.7 Å². The summed E-state index contributed by atoms with van der Waals surface area (Å²) in [6.45, 7) is 10.8. The fourth-order valence-corrected chi connectivity index (χ4v) is 4.95. The van der Waals surface area contributed by atoms with Crippen molar-refractivity contribution in [1.82, 2.24) is 15.1 Å². The molecule has 0 radical (unpaired) electrons. The van der Waals surface area contributed by atoms with Crippen LogP contribution in [0.3, 0.4) is 0 Å². The molecule has 38 heavy (non-hydrogen) atoms. The van der Waals surface area contributed by atoms with Crippen LogP contribution >= 0.6 is 0 Å². The van der Waals surface area contributed by atoms with E-state index in [1.165, 1.54) is 15.9 Å². The summed E-state index contributed by atoms with van der Waals surface area (Å²) < 4.78 is 30.4. The van der Waals surface area contributed by atoms with E-state index in [2.05, 4.69) is 11.9 Å². The van der Waals surface area contributed by atoms with Gasteiger partial charge in [0.2, 0.25) is 5.91 Å². The van der Waals surface area contributed by atoms with Gasteiger partial charge in [-0.25, -0.2) is 18.8 Å². The van der Waals surface area contributed by atoms with Crippen molar-refractivity contribution < 1.29 is 37.8 Å². The lowest BCUT2D eigenvalue weighted by Crippen LogP contribution is -2.53. The second-order valence-electron chi connectivity index (χ2n) is 10.9. The third-order valence-electron chi connectivity index (χ3n) is 6.93. The van der Waals surface area contributed by atoms with Crippen LogP contribution in [0.2, 0.25) is 0 Å². The van der Waals surface area contributed by atoms with Gasteiger partial charge in [-0.3, -0.25) is 14.6 Å². The Bertz CT molecular complexity index is 1150. The third-order valence-corrected chi connectivity index (χ3v) is 6.93. The van der Waals surface area contributed by atoms with Gasteiger partial charge in [-0.1, -0.05) is 18.2 Å². The molecule has 2 fully saturated rings. The number of amides is 3. The lowest BCUT2D eigenvalue weighted by Gasteiger charge is -2.28. The maximum atomic E-state index is 14.1. The number of nitrogens with one attached hydrogen (secondary N) is 1. The molecule has 0 aromatic heterocycles. The van der Waals surface area contributed by atoms with E-state index in [1.54, 1.807) is 45.9 Å². The second kappa shape index (κ2) is 10.3. The zero-order chi connectivity index (χ0) is 27.8. The first-order valence-corrected chi connectivity index (χ1v) is 12.7. The zero-order valence-electron chi connectivity index (χ0n) is 22.1. The highest BCUT2D eigenvalue weighted by atomic mass is 19.1. The van der Waals surface area contributed by atoms with Crippen LogP contribution in [0.15, 0.2) is 30.9 Å². The summed E-state index contributed by atoms with van der Waals surface area (Å²) in [5.41, 5.74) is -0.927. The molecule has 1 saturated carbocycles. The van der Waals surface area contributed by atoms with E-state index in [1.807, 2.05) is 0 Å². The molecule has 1 aliphatic carbocycles. The Hall–Kier alpha value is -3.63. The molecule has 3 amide bonds. The van der Waals surface area contributed by atoms with Gasteiger partial charge in [0.05, 0.1) is 19.7 Å². The Morgan fingerprint density at radius 1 is 1.21 bits per heavy atom. The topological polar surface area (TPSA) is 114 Å². The summed E-state index contributed by atoms with van der Waals surface area (Å²) in [5, 5.41) is 2.76. The molecule has 1 aromatic rings. The van der Waals surface area contributed by atoms with Gasteiger partial charge in [-0.2, -0.15) is 0 Å². The molecule has 2 heterocycles. The first-order chi connectivity index (χ1) is 17.9. The molecule has 2 aliphatic heterocycles. The SMILES string of the molecule is C=CC1CC1(NC(=O)C1CC(OC(=O)N2Cc3cccc(F)c3C2)CN1C(=O)OC(C)(C)C)C(=O)OCC. The summed E-state index contributed by atoms with van der Waals surface area (Å²) in [7, 11) is 0. The number of benzene rings is 1. The molecule has 0 bridgehead atoms. The second-order valence-corrected chi connectivity index (χ2v) is 10.9. The number of nitrogens with zero attached hydrogens (tertiary/aromatic N) is 2. The zero-order valence-corrected chi connectivity index (χ0v) is 22.1. The summed E-state index contributed by atoms with van der Waals surface area (Å²) in [6, 6.07) is 3.63. The van der Waals surface area contributed by atoms with Crippen LogP contribution in [0, 0.1) is 11.7 Å². The van der Waals surface area contributed by atoms with Gasteiger partial charge in [0.25, 0.3) is 0 Å². The summed E-state index contributed by atoms with van der Waals surface area (Å²) in [5.74, 6) is -1.83. The Morgan fingerprint density at radius 3 is 2.55 bits per heavy atom. The third kappa shape index (κ3) is 5.46. The van der Waals surface area contributed by atoms with Crippen molar-refractivity contribution in [2.24, 2.45) is 5.92 Å². The van der Waals surface area contributed by atoms with Crippen molar-refractivity contribution in [1.29, 1.82) is 0 Å². The molecular formula is C27H34FN3O7. The van der Waals surface area contributed by atoms with E-state index in [9.17, 15) is 23.6 Å². The summed E-state index contributed by atoms with van der Waals surface area (Å²) in [4.78, 5) is 54.6. The lowest BCUT2D eigenvalue weighted by atomic mass is 10.1. The monoisotopic (exact) mass is 531 g/mol. The quantitative estimate of drug-likeness (QED) is 0.340. The molecule has 1 aromatic carbocycles. The number of hydrogen-bond acceptors (Lipinski definition) is 7. The van der Waals surface area contributed by atoms with E-state index < -0.39 is 47.3 Å². The summed E-state index contributed by atoms with van der Waals surface area (Å²) >= 11 is 0. The molecule has 206 valence electrons. The lowest BCUT2D eigenvalue weighted by molar-refractivity contribution is -0.149. The maximum absolute atomic E-state index is 14.1. The Labute approximate surface area is 221 Å². The number of esters is 1. The van der Waals surface area contributed by atoms with E-state index in [0.717, 1.165) is 0 Å². The number of ether oxygens (including phenoxy) is 3. The highest BCUT2D eigenvalue weighted by molar-refractivity contribution is 5.95. The normalized spacial score (nSPS) is 25.9. The van der Waals surface area contributed by atoms with Gasteiger partial charge in [0, 0.05) is 24.4 Å². The van der Waals surface area contributed by atoms with Gasteiger partial charge in [-0.15, -0.1) is 6.58 Å². The van der Waals surface area contributed by atoms with Crippen molar-refractivity contribution in [3.63, 3.8) is 0 Å². The molecule has 4 atom stereocenters. The Balaban J connectivity index is 1.47. The summed E-state index contributed by atoms with van der Waals surface area (Å²) in [6.07, 6.45) is -0.305. The van der Waals surface area contributed by atoms with Crippen LogP contribution in [0.5, 0.6) is 0 Å². The molecule has 1 saturated heterocycles. The smallest absolute Gasteiger partial charge is 0.411 e. The van der Waals surface area contributed by atoms with Crippen LogP contribution in [-0.4, -0.2) is 70.3 Å². The number of rotatable bonds is 6. The van der Waals surface area contributed by atoms with Crippen molar-refractivity contribution in [3.05, 3.63) is 47.8 Å². The minimum Gasteiger partial charge on any atom is -0.464 e. The fraction of sp³-hybridized carbons (Fsp3) is 0.556. The largest absolute Gasteiger partial charge is 0.464 e. The predicted octanol–water partition coefficient (Wildman–Crippen LogP) is 3.28. The van der Waals surface area contributed by atoms with Gasteiger partial charge >= 0.3 is 18.2 Å². The Morgan fingerprint density at radius 2 is 1.95 bits per heavy atom. The molecule has 0 spiro atoms. The maximum Gasteiger partial charge on any atom is 0.411 e. The molecule has 1 N–H and O–H groups in total. The van der Waals surface area contributed by atoms with Gasteiger partial charge in [-0.05, 0) is 45.7 Å². The number of fused-ring (bicyclic) bond motifs is 1. The number of likely N-dealkylation sites (tertiary alicyclic amines) is 1. The average molecular weight is 532 g/mol. The minimum absolute atomic E-state index is 0.00360. The van der Waals surface area contributed by atoms with Crippen LogP contribution in [0.4, 0.5) is 14.0 Å². The van der Waals surface area contributed by atoms with Crippen molar-refractivity contribution in [3.8, 4) is 0 Å². The molecule has 11 heteroatoms. The standard InChI is InChI=1S/C27H34FN3O7/c1-6-17-12-27(17,23(33)36-7-2)29-22(32)21-11-18(14-31(21)25(35)38-26(3,4)5)37-24(34)30-13-16-9-8-10-20(28)19(16)15-30/h6,8-10,17-18,21H,1,7,11-15H2,2-5H3,(H,29,32). The van der Waals surface area contributed by atoms with E-state index in [0.29, 0.717) is 17.5 Å². The molecule has 4 rings (SSSR count). The first kappa shape index (κ1) is 27.4. The van der Waals surface area contributed by atoms with Crippen LogP contribution in [0.25, 0.3) is 0 Å². The highest BCUT2D eigenvalue weighted by Crippen LogP contribution is 2.45. The first-order valence-electron chi connectivity index (χ1n) is 12.7. The minimum atomic E-state index is -1.24. The fourth-order valence-electron chi connectivity index (χ4n) is 4.95. The number of carbonyl (C=O) groups excluding carboxylic acids is 4. The van der Waals surface area contributed by atoms with E-state index in [-0.39, 0.29) is 44.4 Å². The molecule has 10 nitrogen and oxygen atoms in total.